The highest BCUT2D eigenvalue weighted by molar-refractivity contribution is 9.10. The van der Waals surface area contributed by atoms with Crippen LogP contribution in [0, 0.1) is 5.82 Å². The van der Waals surface area contributed by atoms with E-state index in [1.165, 1.54) is 12.3 Å². The molecule has 0 aliphatic carbocycles. The molecule has 5 heteroatoms. The van der Waals surface area contributed by atoms with Gasteiger partial charge in [0.25, 0.3) is 0 Å². The molecule has 2 N–H and O–H groups in total. The third-order valence-corrected chi connectivity index (χ3v) is 2.92. The third-order valence-electron chi connectivity index (χ3n) is 2.49. The number of halogens is 2. The normalized spacial score (nSPS) is 12.2. The molecule has 0 aliphatic rings. The van der Waals surface area contributed by atoms with Crippen molar-refractivity contribution in [3.63, 3.8) is 0 Å². The molecule has 0 radical (unpaired) electrons. The highest BCUT2D eigenvalue weighted by atomic mass is 79.9. The SMILES string of the molecule is CC(N)Cc1cccc(F)c1Oc1cncc(Br)c1. The lowest BCUT2D eigenvalue weighted by Gasteiger charge is -2.13. The molecule has 19 heavy (non-hydrogen) atoms. The molecule has 1 aromatic carbocycles. The summed E-state index contributed by atoms with van der Waals surface area (Å²) in [6.07, 6.45) is 3.72. The van der Waals surface area contributed by atoms with Gasteiger partial charge in [0, 0.05) is 16.7 Å². The second-order valence-electron chi connectivity index (χ2n) is 4.35. The molecule has 100 valence electrons. The van der Waals surface area contributed by atoms with Crippen LogP contribution >= 0.6 is 15.9 Å². The Bertz CT molecular complexity index is 575. The number of para-hydroxylation sites is 1. The summed E-state index contributed by atoms with van der Waals surface area (Å²) in [5.41, 5.74) is 6.51. The van der Waals surface area contributed by atoms with Crippen LogP contribution in [0.2, 0.25) is 0 Å². The Morgan fingerprint density at radius 1 is 1.42 bits per heavy atom. The first kappa shape index (κ1) is 14.0. The molecule has 1 atom stereocenters. The highest BCUT2D eigenvalue weighted by Crippen LogP contribution is 2.29. The molecule has 0 spiro atoms. The van der Waals surface area contributed by atoms with E-state index in [1.54, 1.807) is 18.3 Å². The maximum absolute atomic E-state index is 13.9. The van der Waals surface area contributed by atoms with Gasteiger partial charge in [-0.2, -0.15) is 0 Å². The Balaban J connectivity index is 2.33. The molecule has 1 heterocycles. The zero-order valence-corrected chi connectivity index (χ0v) is 12.0. The van der Waals surface area contributed by atoms with Crippen molar-refractivity contribution in [2.45, 2.75) is 19.4 Å². The fourth-order valence-electron chi connectivity index (χ4n) is 1.74. The van der Waals surface area contributed by atoms with Crippen LogP contribution in [-0.2, 0) is 6.42 Å². The fraction of sp³-hybridized carbons (Fsp3) is 0.214. The molecule has 2 rings (SSSR count). The van der Waals surface area contributed by atoms with E-state index < -0.39 is 5.82 Å². The van der Waals surface area contributed by atoms with Gasteiger partial charge in [0.05, 0.1) is 6.20 Å². The van der Waals surface area contributed by atoms with Gasteiger partial charge in [0.1, 0.15) is 5.75 Å². The predicted molar refractivity (Wildman–Crippen MR) is 75.8 cm³/mol. The highest BCUT2D eigenvalue weighted by Gasteiger charge is 2.12. The second-order valence-corrected chi connectivity index (χ2v) is 5.27. The summed E-state index contributed by atoms with van der Waals surface area (Å²) < 4.78 is 20.3. The standard InChI is InChI=1S/C14H14BrFN2O/c1-9(17)5-10-3-2-4-13(16)14(10)19-12-6-11(15)7-18-8-12/h2-4,6-9H,5,17H2,1H3. The summed E-state index contributed by atoms with van der Waals surface area (Å²) in [4.78, 5) is 3.98. The lowest BCUT2D eigenvalue weighted by atomic mass is 10.1. The van der Waals surface area contributed by atoms with E-state index in [4.69, 9.17) is 10.5 Å². The van der Waals surface area contributed by atoms with Gasteiger partial charge in [-0.05, 0) is 47.0 Å². The summed E-state index contributed by atoms with van der Waals surface area (Å²) in [7, 11) is 0. The Hall–Kier alpha value is -1.46. The summed E-state index contributed by atoms with van der Waals surface area (Å²) in [6.45, 7) is 1.87. The van der Waals surface area contributed by atoms with Gasteiger partial charge in [-0.3, -0.25) is 4.98 Å². The van der Waals surface area contributed by atoms with E-state index in [1.807, 2.05) is 13.0 Å². The number of pyridine rings is 1. The minimum atomic E-state index is -0.405. The lowest BCUT2D eigenvalue weighted by molar-refractivity contribution is 0.432. The zero-order chi connectivity index (χ0) is 13.8. The molecule has 0 saturated carbocycles. The summed E-state index contributed by atoms with van der Waals surface area (Å²) in [6, 6.07) is 6.50. The van der Waals surface area contributed by atoms with Gasteiger partial charge < -0.3 is 10.5 Å². The maximum atomic E-state index is 13.9. The van der Waals surface area contributed by atoms with Gasteiger partial charge in [0.15, 0.2) is 11.6 Å². The minimum absolute atomic E-state index is 0.0650. The number of nitrogens with zero attached hydrogens (tertiary/aromatic N) is 1. The number of rotatable bonds is 4. The monoisotopic (exact) mass is 324 g/mol. The molecule has 0 amide bonds. The summed E-state index contributed by atoms with van der Waals surface area (Å²) in [5.74, 6) is 0.281. The Kier molecular flexibility index (Phi) is 4.50. The molecule has 2 aromatic rings. The van der Waals surface area contributed by atoms with Crippen LogP contribution in [0.1, 0.15) is 12.5 Å². The molecule has 0 fully saturated rings. The topological polar surface area (TPSA) is 48.1 Å². The Morgan fingerprint density at radius 3 is 2.89 bits per heavy atom. The first-order valence-electron chi connectivity index (χ1n) is 5.87. The lowest BCUT2D eigenvalue weighted by Crippen LogP contribution is -2.18. The van der Waals surface area contributed by atoms with Crippen molar-refractivity contribution in [2.24, 2.45) is 5.73 Å². The van der Waals surface area contributed by atoms with Crippen LogP contribution < -0.4 is 10.5 Å². The Labute approximate surface area is 119 Å². The average Bonchev–Trinajstić information content (AvgIpc) is 2.33. The van der Waals surface area contributed by atoms with Gasteiger partial charge in [-0.25, -0.2) is 4.39 Å². The maximum Gasteiger partial charge on any atom is 0.166 e. The number of hydrogen-bond donors (Lipinski definition) is 1. The van der Waals surface area contributed by atoms with Crippen LogP contribution in [-0.4, -0.2) is 11.0 Å². The van der Waals surface area contributed by atoms with E-state index in [-0.39, 0.29) is 11.8 Å². The van der Waals surface area contributed by atoms with Crippen molar-refractivity contribution in [1.29, 1.82) is 0 Å². The summed E-state index contributed by atoms with van der Waals surface area (Å²) >= 11 is 3.30. The van der Waals surface area contributed by atoms with Gasteiger partial charge in [-0.1, -0.05) is 12.1 Å². The van der Waals surface area contributed by atoms with Crippen LogP contribution in [0.4, 0.5) is 4.39 Å². The number of benzene rings is 1. The zero-order valence-electron chi connectivity index (χ0n) is 10.4. The first-order chi connectivity index (χ1) is 9.06. The number of nitrogens with two attached hydrogens (primary N) is 1. The number of aromatic nitrogens is 1. The smallest absolute Gasteiger partial charge is 0.166 e. The van der Waals surface area contributed by atoms with Crippen molar-refractivity contribution in [1.82, 2.24) is 4.98 Å². The van der Waals surface area contributed by atoms with Crippen LogP contribution in [0.3, 0.4) is 0 Å². The van der Waals surface area contributed by atoms with E-state index in [0.29, 0.717) is 12.2 Å². The molecular formula is C14H14BrFN2O. The minimum Gasteiger partial charge on any atom is -0.452 e. The quantitative estimate of drug-likeness (QED) is 0.933. The first-order valence-corrected chi connectivity index (χ1v) is 6.67. The second kappa shape index (κ2) is 6.12. The molecule has 1 unspecified atom stereocenters. The van der Waals surface area contributed by atoms with Crippen LogP contribution in [0.25, 0.3) is 0 Å². The van der Waals surface area contributed by atoms with E-state index in [0.717, 1.165) is 10.0 Å². The molecule has 0 aliphatic heterocycles. The van der Waals surface area contributed by atoms with Crippen molar-refractivity contribution in [3.05, 3.63) is 52.5 Å². The predicted octanol–water partition coefficient (Wildman–Crippen LogP) is 3.67. The molecule has 0 bridgehead atoms. The summed E-state index contributed by atoms with van der Waals surface area (Å²) in [5, 5.41) is 0. The fourth-order valence-corrected chi connectivity index (χ4v) is 2.09. The van der Waals surface area contributed by atoms with Crippen molar-refractivity contribution in [2.75, 3.05) is 0 Å². The molecule has 3 nitrogen and oxygen atoms in total. The van der Waals surface area contributed by atoms with Crippen LogP contribution in [0.15, 0.2) is 41.1 Å². The van der Waals surface area contributed by atoms with E-state index >= 15 is 0 Å². The number of hydrogen-bond acceptors (Lipinski definition) is 3. The third kappa shape index (κ3) is 3.75. The van der Waals surface area contributed by atoms with Crippen molar-refractivity contribution < 1.29 is 9.13 Å². The van der Waals surface area contributed by atoms with E-state index in [9.17, 15) is 4.39 Å². The van der Waals surface area contributed by atoms with Crippen molar-refractivity contribution >= 4 is 15.9 Å². The average molecular weight is 325 g/mol. The number of ether oxygens (including phenoxy) is 1. The van der Waals surface area contributed by atoms with Gasteiger partial charge >= 0.3 is 0 Å². The van der Waals surface area contributed by atoms with Crippen molar-refractivity contribution in [3.8, 4) is 11.5 Å². The Morgan fingerprint density at radius 2 is 2.21 bits per heavy atom. The largest absolute Gasteiger partial charge is 0.452 e. The van der Waals surface area contributed by atoms with Gasteiger partial charge in [-0.15, -0.1) is 0 Å². The van der Waals surface area contributed by atoms with Gasteiger partial charge in [0.2, 0.25) is 0 Å². The molecular weight excluding hydrogens is 311 g/mol. The van der Waals surface area contributed by atoms with Crippen LogP contribution in [0.5, 0.6) is 11.5 Å². The molecule has 0 saturated heterocycles. The molecule has 1 aromatic heterocycles. The van der Waals surface area contributed by atoms with E-state index in [2.05, 4.69) is 20.9 Å².